The number of benzene rings is 1. The lowest BCUT2D eigenvalue weighted by atomic mass is 10.3. The van der Waals surface area contributed by atoms with Gasteiger partial charge in [0.2, 0.25) is 0 Å². The molecule has 1 aliphatic heterocycles. The van der Waals surface area contributed by atoms with E-state index in [1.165, 1.54) is 16.8 Å². The Kier molecular flexibility index (Phi) is 1.80. The molecule has 2 aromatic rings. The van der Waals surface area contributed by atoms with Gasteiger partial charge in [0.15, 0.2) is 11.5 Å². The van der Waals surface area contributed by atoms with E-state index in [1.807, 2.05) is 0 Å². The maximum absolute atomic E-state index is 12.8. The number of hydrogen-bond donors (Lipinski definition) is 1. The number of nitrogens with zero attached hydrogens (tertiary/aromatic N) is 2. The molecule has 0 atom stereocenters. The van der Waals surface area contributed by atoms with E-state index in [1.54, 1.807) is 18.3 Å². The summed E-state index contributed by atoms with van der Waals surface area (Å²) in [6, 6.07) is 5.97. The van der Waals surface area contributed by atoms with Crippen molar-refractivity contribution >= 4 is 5.82 Å². The quantitative estimate of drug-likeness (QED) is 0.823. The molecule has 0 amide bonds. The third kappa shape index (κ3) is 1.65. The first-order valence-electron chi connectivity index (χ1n) is 4.75. The van der Waals surface area contributed by atoms with Crippen molar-refractivity contribution in [3.63, 3.8) is 0 Å². The zero-order chi connectivity index (χ0) is 12.0. The minimum Gasteiger partial charge on any atom is -0.395 e. The second-order valence-corrected chi connectivity index (χ2v) is 3.48. The maximum Gasteiger partial charge on any atom is 0.586 e. The Morgan fingerprint density at radius 1 is 1.18 bits per heavy atom. The highest BCUT2D eigenvalue weighted by Crippen LogP contribution is 2.41. The molecule has 0 bridgehead atoms. The zero-order valence-electron chi connectivity index (χ0n) is 8.43. The Labute approximate surface area is 94.4 Å². The molecule has 0 radical (unpaired) electrons. The fraction of sp³-hybridized carbons (Fsp3) is 0.100. The van der Waals surface area contributed by atoms with Crippen LogP contribution in [0.1, 0.15) is 0 Å². The minimum atomic E-state index is -3.61. The first-order valence-corrected chi connectivity index (χ1v) is 4.75. The van der Waals surface area contributed by atoms with Crippen LogP contribution in [0.2, 0.25) is 0 Å². The lowest BCUT2D eigenvalue weighted by Crippen LogP contribution is -2.25. The van der Waals surface area contributed by atoms with E-state index in [0.717, 1.165) is 0 Å². The molecule has 0 saturated carbocycles. The van der Waals surface area contributed by atoms with Crippen LogP contribution in [-0.4, -0.2) is 16.1 Å². The van der Waals surface area contributed by atoms with Crippen molar-refractivity contribution in [1.82, 2.24) is 9.78 Å². The lowest BCUT2D eigenvalue weighted by molar-refractivity contribution is -0.286. The molecule has 17 heavy (non-hydrogen) atoms. The van der Waals surface area contributed by atoms with Gasteiger partial charge in [-0.15, -0.1) is 8.78 Å². The summed E-state index contributed by atoms with van der Waals surface area (Å²) in [5.41, 5.74) is 6.02. The molecule has 88 valence electrons. The first kappa shape index (κ1) is 9.88. The number of halogens is 2. The van der Waals surface area contributed by atoms with Gasteiger partial charge in [0.1, 0.15) is 5.82 Å². The average molecular weight is 239 g/mol. The topological polar surface area (TPSA) is 62.3 Å². The molecule has 3 rings (SSSR count). The van der Waals surface area contributed by atoms with E-state index < -0.39 is 6.29 Å². The summed E-state index contributed by atoms with van der Waals surface area (Å²) in [7, 11) is 0. The second-order valence-electron chi connectivity index (χ2n) is 3.48. The van der Waals surface area contributed by atoms with Crippen LogP contribution in [0.5, 0.6) is 11.5 Å². The molecule has 0 saturated heterocycles. The van der Waals surface area contributed by atoms with Crippen LogP contribution in [0, 0.1) is 0 Å². The van der Waals surface area contributed by atoms with Crippen molar-refractivity contribution in [3.05, 3.63) is 30.5 Å². The van der Waals surface area contributed by atoms with Gasteiger partial charge < -0.3 is 15.2 Å². The SMILES string of the molecule is Nc1ccn(-c2ccc3c(c2)OC(F)(F)O3)n1. The largest absolute Gasteiger partial charge is 0.586 e. The number of nitrogens with two attached hydrogens (primary N) is 1. The van der Waals surface area contributed by atoms with Gasteiger partial charge in [0.05, 0.1) is 5.69 Å². The van der Waals surface area contributed by atoms with Gasteiger partial charge >= 0.3 is 6.29 Å². The fourth-order valence-electron chi connectivity index (χ4n) is 1.56. The highest BCUT2D eigenvalue weighted by atomic mass is 19.3. The molecule has 0 fully saturated rings. The van der Waals surface area contributed by atoms with Gasteiger partial charge in [-0.3, -0.25) is 0 Å². The Balaban J connectivity index is 2.01. The van der Waals surface area contributed by atoms with Gasteiger partial charge in [-0.05, 0) is 12.1 Å². The van der Waals surface area contributed by atoms with Crippen molar-refractivity contribution < 1.29 is 18.3 Å². The minimum absolute atomic E-state index is 0.00104. The number of hydrogen-bond acceptors (Lipinski definition) is 4. The van der Waals surface area contributed by atoms with Crippen LogP contribution < -0.4 is 15.2 Å². The lowest BCUT2D eigenvalue weighted by Gasteiger charge is -2.04. The standard InChI is InChI=1S/C10H7F2N3O2/c11-10(12)16-7-2-1-6(5-8(7)17-10)15-4-3-9(13)14-15/h1-5H,(H2,13,14). The summed E-state index contributed by atoms with van der Waals surface area (Å²) in [6.07, 6.45) is -1.99. The number of fused-ring (bicyclic) bond motifs is 1. The number of rotatable bonds is 1. The van der Waals surface area contributed by atoms with Crippen LogP contribution in [0.15, 0.2) is 30.5 Å². The molecule has 5 nitrogen and oxygen atoms in total. The second kappa shape index (κ2) is 3.09. The summed E-state index contributed by atoms with van der Waals surface area (Å²) < 4.78 is 35.6. The highest BCUT2D eigenvalue weighted by Gasteiger charge is 2.43. The number of alkyl halides is 2. The van der Waals surface area contributed by atoms with E-state index in [4.69, 9.17) is 5.73 Å². The molecule has 7 heteroatoms. The molecule has 1 aromatic heterocycles. The third-order valence-electron chi connectivity index (χ3n) is 2.26. The van der Waals surface area contributed by atoms with E-state index in [-0.39, 0.29) is 11.5 Å². The maximum atomic E-state index is 12.8. The first-order chi connectivity index (χ1) is 8.03. The highest BCUT2D eigenvalue weighted by molar-refractivity contribution is 5.50. The molecule has 2 N–H and O–H groups in total. The van der Waals surface area contributed by atoms with Crippen molar-refractivity contribution in [2.75, 3.05) is 5.73 Å². The summed E-state index contributed by atoms with van der Waals surface area (Å²) >= 11 is 0. The molecule has 0 spiro atoms. The van der Waals surface area contributed by atoms with Gasteiger partial charge in [0, 0.05) is 18.3 Å². The van der Waals surface area contributed by atoms with E-state index >= 15 is 0 Å². The zero-order valence-corrected chi connectivity index (χ0v) is 8.43. The summed E-state index contributed by atoms with van der Waals surface area (Å²) in [4.78, 5) is 0. The van der Waals surface area contributed by atoms with Gasteiger partial charge in [-0.1, -0.05) is 0 Å². The van der Waals surface area contributed by atoms with Crippen LogP contribution in [-0.2, 0) is 0 Å². The summed E-state index contributed by atoms with van der Waals surface area (Å²) in [6.45, 7) is 0. The molecule has 2 heterocycles. The molecular formula is C10H7F2N3O2. The Bertz CT molecular complexity index is 583. The Morgan fingerprint density at radius 2 is 1.94 bits per heavy atom. The summed E-state index contributed by atoms with van der Waals surface area (Å²) in [5.74, 6) is 0.313. The van der Waals surface area contributed by atoms with Crippen LogP contribution in [0.4, 0.5) is 14.6 Å². The molecule has 0 unspecified atom stereocenters. The van der Waals surface area contributed by atoms with E-state index in [9.17, 15) is 8.78 Å². The van der Waals surface area contributed by atoms with Gasteiger partial charge in [-0.2, -0.15) is 5.10 Å². The third-order valence-corrected chi connectivity index (χ3v) is 2.26. The average Bonchev–Trinajstić information content (AvgIpc) is 2.78. The fourth-order valence-corrected chi connectivity index (χ4v) is 1.56. The van der Waals surface area contributed by atoms with Crippen molar-refractivity contribution in [1.29, 1.82) is 0 Å². The van der Waals surface area contributed by atoms with Gasteiger partial charge in [-0.25, -0.2) is 4.68 Å². The molecule has 1 aliphatic rings. The molecule has 1 aromatic carbocycles. The van der Waals surface area contributed by atoms with Crippen molar-refractivity contribution in [2.24, 2.45) is 0 Å². The number of aromatic nitrogens is 2. The van der Waals surface area contributed by atoms with Crippen molar-refractivity contribution in [3.8, 4) is 17.2 Å². The predicted octanol–water partition coefficient (Wildman–Crippen LogP) is 1.78. The van der Waals surface area contributed by atoms with Crippen LogP contribution >= 0.6 is 0 Å². The van der Waals surface area contributed by atoms with Gasteiger partial charge in [0.25, 0.3) is 0 Å². The molecule has 0 aliphatic carbocycles. The number of ether oxygens (including phenoxy) is 2. The summed E-state index contributed by atoms with van der Waals surface area (Å²) in [5, 5.41) is 3.95. The monoisotopic (exact) mass is 239 g/mol. The Morgan fingerprint density at radius 3 is 2.65 bits per heavy atom. The normalized spacial score (nSPS) is 16.1. The smallest absolute Gasteiger partial charge is 0.395 e. The van der Waals surface area contributed by atoms with Crippen molar-refractivity contribution in [2.45, 2.75) is 6.29 Å². The predicted molar refractivity (Wildman–Crippen MR) is 54.2 cm³/mol. The number of nitrogen functional groups attached to an aromatic ring is 1. The van der Waals surface area contributed by atoms with E-state index in [2.05, 4.69) is 14.6 Å². The number of anilines is 1. The van der Waals surface area contributed by atoms with E-state index in [0.29, 0.717) is 11.5 Å². The molecular weight excluding hydrogens is 232 g/mol. The van der Waals surface area contributed by atoms with Crippen LogP contribution in [0.3, 0.4) is 0 Å². The van der Waals surface area contributed by atoms with Crippen LogP contribution in [0.25, 0.3) is 5.69 Å². The Hall–Kier alpha value is -2.31.